The molecule has 1 amide bonds. The third kappa shape index (κ3) is 3.62. The number of carboxylic acids is 1. The number of aliphatic carboxylic acids is 1. The van der Waals surface area contributed by atoms with Gasteiger partial charge in [0, 0.05) is 11.9 Å². The number of nitrogens with one attached hydrogen (secondary N) is 1. The van der Waals surface area contributed by atoms with E-state index in [4.69, 9.17) is 5.11 Å². The van der Waals surface area contributed by atoms with Gasteiger partial charge in [0.1, 0.15) is 5.69 Å². The number of carbonyl (C=O) groups excluding carboxylic acids is 1. The summed E-state index contributed by atoms with van der Waals surface area (Å²) in [5, 5.41) is 13.2. The summed E-state index contributed by atoms with van der Waals surface area (Å²) in [6.07, 6.45) is -0.0528. The molecule has 0 unspecified atom stereocenters. The van der Waals surface area contributed by atoms with Crippen molar-refractivity contribution in [2.75, 3.05) is 0 Å². The molecule has 0 bridgehead atoms. The van der Waals surface area contributed by atoms with E-state index >= 15 is 0 Å². The predicted molar refractivity (Wildman–Crippen MR) is 71.1 cm³/mol. The fourth-order valence-electron chi connectivity index (χ4n) is 1.66. The Kier molecular flexibility index (Phi) is 4.25. The number of hydrogen-bond donors (Lipinski definition) is 2. The maximum Gasteiger partial charge on any atom is 0.307 e. The van der Waals surface area contributed by atoms with Crippen molar-refractivity contribution >= 4 is 23.2 Å². The molecule has 0 aliphatic heterocycles. The van der Waals surface area contributed by atoms with Crippen LogP contribution in [-0.4, -0.2) is 22.0 Å². The monoisotopic (exact) mass is 276 g/mol. The van der Waals surface area contributed by atoms with Crippen molar-refractivity contribution in [2.24, 2.45) is 0 Å². The highest BCUT2D eigenvalue weighted by Gasteiger charge is 2.10. The number of rotatable bonds is 5. The largest absolute Gasteiger partial charge is 0.481 e. The normalized spacial score (nSPS) is 10.1. The first-order valence-corrected chi connectivity index (χ1v) is 6.56. The number of amides is 1. The molecular weight excluding hydrogens is 264 g/mol. The maximum absolute atomic E-state index is 11.7. The van der Waals surface area contributed by atoms with Gasteiger partial charge in [0.15, 0.2) is 0 Å². The van der Waals surface area contributed by atoms with Gasteiger partial charge in [-0.1, -0.05) is 24.3 Å². The minimum absolute atomic E-state index is 0.0528. The average molecular weight is 276 g/mol. The molecule has 0 radical (unpaired) electrons. The Bertz CT molecular complexity index is 581. The highest BCUT2D eigenvalue weighted by Crippen LogP contribution is 2.10. The van der Waals surface area contributed by atoms with Gasteiger partial charge < -0.3 is 10.4 Å². The maximum atomic E-state index is 11.7. The van der Waals surface area contributed by atoms with Crippen LogP contribution in [0.1, 0.15) is 21.6 Å². The molecule has 0 aliphatic rings. The molecule has 0 saturated carbocycles. The zero-order valence-corrected chi connectivity index (χ0v) is 10.8. The van der Waals surface area contributed by atoms with Gasteiger partial charge in [0.05, 0.1) is 11.9 Å². The lowest BCUT2D eigenvalue weighted by atomic mass is 10.0. The topological polar surface area (TPSA) is 79.3 Å². The molecule has 0 fully saturated rings. The summed E-state index contributed by atoms with van der Waals surface area (Å²) in [4.78, 5) is 26.4. The molecule has 98 valence electrons. The minimum atomic E-state index is -0.890. The molecule has 2 aromatic rings. The Hall–Kier alpha value is -2.21. The van der Waals surface area contributed by atoms with E-state index < -0.39 is 5.97 Å². The van der Waals surface area contributed by atoms with Crippen LogP contribution >= 0.6 is 11.3 Å². The average Bonchev–Trinajstić information content (AvgIpc) is 2.90. The van der Waals surface area contributed by atoms with Gasteiger partial charge in [-0.3, -0.25) is 9.59 Å². The van der Waals surface area contributed by atoms with Crippen molar-refractivity contribution < 1.29 is 14.7 Å². The molecule has 0 saturated heterocycles. The number of hydrogen-bond acceptors (Lipinski definition) is 4. The summed E-state index contributed by atoms with van der Waals surface area (Å²) in [6.45, 7) is 0.291. The van der Waals surface area contributed by atoms with Gasteiger partial charge in [0.25, 0.3) is 5.91 Å². The number of carbonyl (C=O) groups is 2. The summed E-state index contributed by atoms with van der Waals surface area (Å²) in [5.74, 6) is -1.15. The Balaban J connectivity index is 2.03. The third-order valence-electron chi connectivity index (χ3n) is 2.56. The molecule has 19 heavy (non-hydrogen) atoms. The molecular formula is C13H12N2O3S. The zero-order chi connectivity index (χ0) is 13.7. The van der Waals surface area contributed by atoms with E-state index in [0.29, 0.717) is 17.8 Å². The second kappa shape index (κ2) is 6.10. The Morgan fingerprint density at radius 2 is 2.00 bits per heavy atom. The first-order chi connectivity index (χ1) is 9.16. The smallest absolute Gasteiger partial charge is 0.307 e. The van der Waals surface area contributed by atoms with Crippen LogP contribution in [0.3, 0.4) is 0 Å². The van der Waals surface area contributed by atoms with Crippen molar-refractivity contribution in [1.82, 2.24) is 10.3 Å². The molecule has 1 aromatic carbocycles. The second-order valence-electron chi connectivity index (χ2n) is 3.90. The number of benzene rings is 1. The minimum Gasteiger partial charge on any atom is -0.481 e. The van der Waals surface area contributed by atoms with Crippen molar-refractivity contribution in [3.8, 4) is 0 Å². The fraction of sp³-hybridized carbons (Fsp3) is 0.154. The Morgan fingerprint density at radius 3 is 2.63 bits per heavy atom. The number of thiazole rings is 1. The van der Waals surface area contributed by atoms with E-state index in [0.717, 1.165) is 5.56 Å². The molecule has 0 spiro atoms. The van der Waals surface area contributed by atoms with Gasteiger partial charge >= 0.3 is 5.97 Å². The van der Waals surface area contributed by atoms with Crippen molar-refractivity contribution in [1.29, 1.82) is 0 Å². The van der Waals surface area contributed by atoms with Crippen LogP contribution in [0.15, 0.2) is 35.2 Å². The summed E-state index contributed by atoms with van der Waals surface area (Å²) in [6, 6.07) is 7.15. The molecule has 6 heteroatoms. The van der Waals surface area contributed by atoms with Crippen molar-refractivity contribution in [3.63, 3.8) is 0 Å². The highest BCUT2D eigenvalue weighted by atomic mass is 32.1. The van der Waals surface area contributed by atoms with Crippen molar-refractivity contribution in [3.05, 3.63) is 52.0 Å². The predicted octanol–water partition coefficient (Wildman–Crippen LogP) is 1.70. The Morgan fingerprint density at radius 1 is 1.26 bits per heavy atom. The molecule has 1 aromatic heterocycles. The van der Waals surface area contributed by atoms with E-state index in [1.807, 2.05) is 6.07 Å². The van der Waals surface area contributed by atoms with Gasteiger partial charge in [0.2, 0.25) is 0 Å². The summed E-state index contributed by atoms with van der Waals surface area (Å²) >= 11 is 1.35. The van der Waals surface area contributed by atoms with Crippen molar-refractivity contribution in [2.45, 2.75) is 13.0 Å². The lowest BCUT2D eigenvalue weighted by molar-refractivity contribution is -0.136. The molecule has 5 nitrogen and oxygen atoms in total. The zero-order valence-electron chi connectivity index (χ0n) is 10.00. The van der Waals surface area contributed by atoms with Gasteiger partial charge in [-0.25, -0.2) is 4.98 Å². The summed E-state index contributed by atoms with van der Waals surface area (Å²) in [5.41, 5.74) is 3.47. The number of aromatic nitrogens is 1. The summed E-state index contributed by atoms with van der Waals surface area (Å²) in [7, 11) is 0. The molecule has 0 atom stereocenters. The van der Waals surface area contributed by atoms with Gasteiger partial charge in [-0.05, 0) is 11.1 Å². The quantitative estimate of drug-likeness (QED) is 0.871. The standard InChI is InChI=1S/C13H12N2O3S/c16-12(17)5-9-3-1-2-4-10(9)6-14-13(18)11-7-19-8-15-11/h1-4,7-8H,5-6H2,(H,14,18)(H,16,17). The van der Waals surface area contributed by atoms with E-state index in [2.05, 4.69) is 10.3 Å². The van der Waals surface area contributed by atoms with Crippen LogP contribution in [-0.2, 0) is 17.8 Å². The molecule has 0 aliphatic carbocycles. The van der Waals surface area contributed by atoms with E-state index in [9.17, 15) is 9.59 Å². The third-order valence-corrected chi connectivity index (χ3v) is 3.15. The van der Waals surface area contributed by atoms with Crippen LogP contribution in [0.5, 0.6) is 0 Å². The van der Waals surface area contributed by atoms with Gasteiger partial charge in [-0.15, -0.1) is 11.3 Å². The van der Waals surface area contributed by atoms with Crippen LogP contribution in [0.25, 0.3) is 0 Å². The first-order valence-electron chi connectivity index (χ1n) is 5.62. The number of nitrogens with zero attached hydrogens (tertiary/aromatic N) is 1. The van der Waals surface area contributed by atoms with E-state index in [-0.39, 0.29) is 12.3 Å². The van der Waals surface area contributed by atoms with Gasteiger partial charge in [-0.2, -0.15) is 0 Å². The molecule has 2 rings (SSSR count). The van der Waals surface area contributed by atoms with Crippen LogP contribution in [0.4, 0.5) is 0 Å². The highest BCUT2D eigenvalue weighted by molar-refractivity contribution is 7.07. The first kappa shape index (κ1) is 13.2. The number of carboxylic acid groups (broad SMARTS) is 1. The fourth-order valence-corrected chi connectivity index (χ4v) is 2.19. The van der Waals surface area contributed by atoms with E-state index in [1.165, 1.54) is 11.3 Å². The summed E-state index contributed by atoms with van der Waals surface area (Å²) < 4.78 is 0. The SMILES string of the molecule is O=C(O)Cc1ccccc1CNC(=O)c1cscn1. The van der Waals surface area contributed by atoms with Crippen LogP contribution in [0.2, 0.25) is 0 Å². The second-order valence-corrected chi connectivity index (χ2v) is 4.61. The lowest BCUT2D eigenvalue weighted by Gasteiger charge is -2.08. The molecule has 1 heterocycles. The van der Waals surface area contributed by atoms with E-state index in [1.54, 1.807) is 29.1 Å². The van der Waals surface area contributed by atoms with Crippen LogP contribution in [0, 0.1) is 0 Å². The van der Waals surface area contributed by atoms with Crippen LogP contribution < -0.4 is 5.32 Å². The lowest BCUT2D eigenvalue weighted by Crippen LogP contribution is -2.23. The molecule has 2 N–H and O–H groups in total. The Labute approximate surface area is 113 Å².